The van der Waals surface area contributed by atoms with Gasteiger partial charge in [0.2, 0.25) is 5.88 Å². The van der Waals surface area contributed by atoms with Gasteiger partial charge in [0, 0.05) is 35.1 Å². The largest absolute Gasteiger partial charge is 0.492 e. The molecule has 7 heteroatoms. The fraction of sp³-hybridized carbons (Fsp3) is 0.105. The van der Waals surface area contributed by atoms with Gasteiger partial charge in [-0.15, -0.1) is 0 Å². The molecule has 1 aromatic carbocycles. The van der Waals surface area contributed by atoms with Gasteiger partial charge in [0.15, 0.2) is 10.9 Å². The number of halogens is 1. The normalized spacial score (nSPS) is 14.0. The molecule has 0 spiro atoms. The average molecular weight is 383 g/mol. The summed E-state index contributed by atoms with van der Waals surface area (Å²) in [5.74, 6) is 0.682. The highest BCUT2D eigenvalue weighted by Crippen LogP contribution is 2.35. The zero-order valence-corrected chi connectivity index (χ0v) is 15.5. The lowest BCUT2D eigenvalue weighted by atomic mass is 10.1. The van der Waals surface area contributed by atoms with Gasteiger partial charge in [-0.05, 0) is 42.3 Å². The Morgan fingerprint density at radius 2 is 2.15 bits per heavy atom. The Morgan fingerprint density at radius 1 is 1.27 bits per heavy atom. The molecule has 3 aromatic rings. The fourth-order valence-electron chi connectivity index (χ4n) is 2.73. The van der Waals surface area contributed by atoms with Crippen molar-refractivity contribution in [3.8, 4) is 5.88 Å². The van der Waals surface area contributed by atoms with Crippen LogP contribution >= 0.6 is 22.9 Å². The van der Waals surface area contributed by atoms with Crippen LogP contribution in [0.25, 0.3) is 11.6 Å². The second-order valence-corrected chi connectivity index (χ2v) is 7.27. The summed E-state index contributed by atoms with van der Waals surface area (Å²) in [4.78, 5) is 13.4. The Labute approximate surface area is 159 Å². The van der Waals surface area contributed by atoms with Gasteiger partial charge in [-0.25, -0.2) is 9.98 Å². The van der Waals surface area contributed by atoms with E-state index in [-0.39, 0.29) is 5.88 Å². The Hall–Kier alpha value is -2.70. The van der Waals surface area contributed by atoms with Crippen LogP contribution in [0.4, 0.5) is 10.9 Å². The average Bonchev–Trinajstić information content (AvgIpc) is 3.19. The van der Waals surface area contributed by atoms with Gasteiger partial charge >= 0.3 is 0 Å². The van der Waals surface area contributed by atoms with E-state index >= 15 is 0 Å². The number of aryl methyl sites for hydroxylation is 1. The molecule has 1 aliphatic heterocycles. The Balaban J connectivity index is 1.56. The molecule has 4 rings (SSSR count). The number of allylic oxidation sites excluding steroid dienone is 1. The third-order valence-corrected chi connectivity index (χ3v) is 5.42. The summed E-state index contributed by atoms with van der Waals surface area (Å²) in [6, 6.07) is 9.64. The van der Waals surface area contributed by atoms with E-state index in [0.717, 1.165) is 22.3 Å². The molecule has 0 atom stereocenters. The summed E-state index contributed by atoms with van der Waals surface area (Å²) in [6.45, 7) is 2.56. The lowest BCUT2D eigenvalue weighted by Crippen LogP contribution is -2.01. The van der Waals surface area contributed by atoms with Crippen LogP contribution in [-0.4, -0.2) is 21.3 Å². The molecule has 2 N–H and O–H groups in total. The minimum absolute atomic E-state index is 0.00776. The van der Waals surface area contributed by atoms with Gasteiger partial charge in [-0.2, -0.15) is 4.98 Å². The monoisotopic (exact) mass is 382 g/mol. The number of pyridine rings is 1. The number of aliphatic imine (C=N–C) groups is 1. The van der Waals surface area contributed by atoms with E-state index in [9.17, 15) is 5.11 Å². The van der Waals surface area contributed by atoms with Crippen LogP contribution < -0.4 is 5.32 Å². The van der Waals surface area contributed by atoms with E-state index in [0.29, 0.717) is 27.4 Å². The van der Waals surface area contributed by atoms with Crippen molar-refractivity contribution in [1.82, 2.24) is 9.97 Å². The third kappa shape index (κ3) is 3.21. The minimum Gasteiger partial charge on any atom is -0.492 e. The maximum Gasteiger partial charge on any atom is 0.231 e. The molecule has 0 amide bonds. The standard InChI is InChI=1S/C19H15ClN4OS/c1-11-4-2-6-15(20)14(11)10-23-19-24-18(25)16(26-19)8-12-9-22-17-13(12)5-3-7-21-17/h2-9,25H,10H2,1H3,(H,23,24)/b12-8+. The van der Waals surface area contributed by atoms with E-state index < -0.39 is 0 Å². The highest BCUT2D eigenvalue weighted by atomic mass is 35.5. The van der Waals surface area contributed by atoms with Crippen LogP contribution in [0, 0.1) is 6.92 Å². The highest BCUT2D eigenvalue weighted by molar-refractivity contribution is 7.16. The summed E-state index contributed by atoms with van der Waals surface area (Å²) in [6.07, 6.45) is 5.33. The summed E-state index contributed by atoms with van der Waals surface area (Å²) in [5, 5.41) is 14.8. The van der Waals surface area contributed by atoms with Crippen molar-refractivity contribution in [3.63, 3.8) is 0 Å². The summed E-state index contributed by atoms with van der Waals surface area (Å²) >= 11 is 7.64. The van der Waals surface area contributed by atoms with E-state index in [1.807, 2.05) is 43.3 Å². The first-order valence-corrected chi connectivity index (χ1v) is 9.20. The number of nitrogens with zero attached hydrogens (tertiary/aromatic N) is 3. The number of aromatic nitrogens is 2. The van der Waals surface area contributed by atoms with Crippen LogP contribution in [0.15, 0.2) is 41.5 Å². The van der Waals surface area contributed by atoms with E-state index in [4.69, 9.17) is 11.6 Å². The van der Waals surface area contributed by atoms with Crippen LogP contribution in [-0.2, 0) is 6.54 Å². The molecule has 3 heterocycles. The molecule has 5 nitrogen and oxygen atoms in total. The first kappa shape index (κ1) is 16.8. The van der Waals surface area contributed by atoms with Crippen molar-refractivity contribution in [3.05, 3.63) is 63.1 Å². The van der Waals surface area contributed by atoms with Crippen molar-refractivity contribution < 1.29 is 5.11 Å². The van der Waals surface area contributed by atoms with E-state index in [1.165, 1.54) is 11.3 Å². The number of rotatable bonds is 4. The zero-order valence-electron chi connectivity index (χ0n) is 13.9. The molecule has 0 bridgehead atoms. The van der Waals surface area contributed by atoms with Gasteiger partial charge in [-0.1, -0.05) is 35.1 Å². The lowest BCUT2D eigenvalue weighted by Gasteiger charge is -2.08. The van der Waals surface area contributed by atoms with Gasteiger partial charge in [0.1, 0.15) is 0 Å². The molecular formula is C19H15ClN4OS. The molecular weight excluding hydrogens is 368 g/mol. The van der Waals surface area contributed by atoms with E-state index in [1.54, 1.807) is 12.4 Å². The van der Waals surface area contributed by atoms with Crippen LogP contribution in [0.5, 0.6) is 5.88 Å². The number of benzene rings is 1. The third-order valence-electron chi connectivity index (χ3n) is 4.11. The van der Waals surface area contributed by atoms with Crippen molar-refractivity contribution in [2.75, 3.05) is 5.32 Å². The first-order chi connectivity index (χ1) is 12.6. The molecule has 0 saturated heterocycles. The summed E-state index contributed by atoms with van der Waals surface area (Å²) < 4.78 is 0. The van der Waals surface area contributed by atoms with Crippen molar-refractivity contribution >= 4 is 51.8 Å². The molecule has 0 saturated carbocycles. The number of hydrogen-bond donors (Lipinski definition) is 2. The van der Waals surface area contributed by atoms with Gasteiger partial charge in [0.05, 0.1) is 4.88 Å². The molecule has 0 aliphatic carbocycles. The zero-order chi connectivity index (χ0) is 18.1. The van der Waals surface area contributed by atoms with Crippen molar-refractivity contribution in [2.45, 2.75) is 13.5 Å². The number of hydrogen-bond acceptors (Lipinski definition) is 6. The SMILES string of the molecule is Cc1cccc(Cl)c1CNc1nc(O)c(/C=C2\C=Nc3ncccc32)s1. The van der Waals surface area contributed by atoms with Gasteiger partial charge < -0.3 is 10.4 Å². The number of aromatic hydroxyl groups is 1. The maximum absolute atomic E-state index is 10.2. The van der Waals surface area contributed by atoms with Gasteiger partial charge in [0.25, 0.3) is 0 Å². The van der Waals surface area contributed by atoms with Crippen molar-refractivity contribution in [2.24, 2.45) is 4.99 Å². The summed E-state index contributed by atoms with van der Waals surface area (Å²) in [7, 11) is 0. The quantitative estimate of drug-likeness (QED) is 0.660. The molecule has 0 radical (unpaired) electrons. The molecule has 130 valence electrons. The molecule has 26 heavy (non-hydrogen) atoms. The Kier molecular flexibility index (Phi) is 4.44. The fourth-order valence-corrected chi connectivity index (χ4v) is 3.83. The van der Waals surface area contributed by atoms with Gasteiger partial charge in [-0.3, -0.25) is 0 Å². The molecule has 0 unspecified atom stereocenters. The predicted octanol–water partition coefficient (Wildman–Crippen LogP) is 5.07. The molecule has 1 aliphatic rings. The highest BCUT2D eigenvalue weighted by Gasteiger charge is 2.15. The topological polar surface area (TPSA) is 70.4 Å². The number of anilines is 1. The minimum atomic E-state index is -0.00776. The van der Waals surface area contributed by atoms with Crippen molar-refractivity contribution in [1.29, 1.82) is 0 Å². The molecule has 2 aromatic heterocycles. The first-order valence-electron chi connectivity index (χ1n) is 8.00. The number of thiazole rings is 1. The second kappa shape index (κ2) is 6.90. The predicted molar refractivity (Wildman–Crippen MR) is 108 cm³/mol. The van der Waals surface area contributed by atoms with Crippen LogP contribution in [0.1, 0.15) is 21.6 Å². The summed E-state index contributed by atoms with van der Waals surface area (Å²) in [5.41, 5.74) is 3.98. The lowest BCUT2D eigenvalue weighted by molar-refractivity contribution is 0.456. The molecule has 0 fully saturated rings. The Morgan fingerprint density at radius 3 is 3.00 bits per heavy atom. The number of nitrogens with one attached hydrogen (secondary N) is 1. The second-order valence-electron chi connectivity index (χ2n) is 5.83. The Bertz CT molecular complexity index is 1020. The number of fused-ring (bicyclic) bond motifs is 1. The van der Waals surface area contributed by atoms with E-state index in [2.05, 4.69) is 20.3 Å². The maximum atomic E-state index is 10.2. The van der Waals surface area contributed by atoms with Crippen LogP contribution in [0.3, 0.4) is 0 Å². The smallest absolute Gasteiger partial charge is 0.231 e. The van der Waals surface area contributed by atoms with Crippen LogP contribution in [0.2, 0.25) is 5.02 Å².